The minimum Gasteiger partial charge on any atom is -1.00 e. The van der Waals surface area contributed by atoms with Gasteiger partial charge in [0, 0.05) is 62.6 Å². The summed E-state index contributed by atoms with van der Waals surface area (Å²) in [5.41, 5.74) is 0. The largest absolute Gasteiger partial charge is 1.00 e. The Hall–Kier alpha value is 0.321. The molecule has 0 saturated heterocycles. The molecule has 0 N–H and O–H groups in total. The Morgan fingerprint density at radius 3 is 1.12 bits per heavy atom. The fourth-order valence-corrected chi connectivity index (χ4v) is 25.6. The number of unbranched alkanes of at least 4 members (excludes halogenated alkanes) is 2. The van der Waals surface area contributed by atoms with Crippen LogP contribution in [0.2, 0.25) is 91.7 Å². The van der Waals surface area contributed by atoms with E-state index in [-0.39, 0.29) is 31.8 Å². The second-order valence-electron chi connectivity index (χ2n) is 15.5. The summed E-state index contributed by atoms with van der Waals surface area (Å²) >= 11 is 3.43. The minimum atomic E-state index is -2.53. The molecule has 2 aromatic heterocycles. The molecule has 8 nitrogen and oxygen atoms in total. The predicted octanol–water partition coefficient (Wildman–Crippen LogP) is 7.85. The first-order valence-corrected chi connectivity index (χ1v) is 36.1. The van der Waals surface area contributed by atoms with Crippen molar-refractivity contribution in [2.75, 3.05) is 18.5 Å². The molecule has 0 aliphatic carbocycles. The van der Waals surface area contributed by atoms with Crippen molar-refractivity contribution in [3.8, 4) is 0 Å². The zero-order chi connectivity index (χ0) is 36.3. The van der Waals surface area contributed by atoms with Crippen molar-refractivity contribution >= 4 is 66.8 Å². The molecule has 0 aliphatic rings. The van der Waals surface area contributed by atoms with Crippen LogP contribution in [0, 0.1) is 0 Å². The maximum Gasteiger partial charge on any atom is 0.476 e. The SMILES string of the molecule is C.C.C[Si](C)(C)O[Si](C)(OCCCCBr)O[Si](C)(C)C.C[Si](C)(C)O[Si](C)(OCCCC[n+]1ccccc1)O[Si](C)(C)C.[Br-].c1ccncc1. The Kier molecular flexibility index (Phi) is 31.8. The lowest BCUT2D eigenvalue weighted by Crippen LogP contribution is -3.00. The first-order chi connectivity index (χ1) is 21.5. The molecule has 0 aliphatic heterocycles. The van der Waals surface area contributed by atoms with Gasteiger partial charge in [-0.1, -0.05) is 42.9 Å². The van der Waals surface area contributed by atoms with E-state index in [1.54, 1.807) is 12.4 Å². The average Bonchev–Trinajstić information content (AvgIpc) is 2.89. The standard InChI is InChI=1S/C16H34NO3Si3.C11H29BrO3Si3.C5H5N.2CH4.BrH/c1-21(2,3)19-23(7,20-22(4,5)6)18-16-12-11-15-17-13-9-8-10-14-17;1-16(2,3)14-18(7,15-17(4,5)6)13-11-9-8-10-12;1-2-4-6-5-3-1;;;/h8-10,13-14H,11-12,15-16H2,1-7H3;8-11H2,1-7H3;1-5H;2*1H4;1H/q+1;;;;;/p-1. The van der Waals surface area contributed by atoms with Crippen LogP contribution in [0.15, 0.2) is 61.2 Å². The molecular weight excluding hydrogens is 861 g/mol. The average molecular weight is 937 g/mol. The molecule has 0 aromatic carbocycles. The van der Waals surface area contributed by atoms with Crippen molar-refractivity contribution in [1.82, 2.24) is 4.98 Å². The van der Waals surface area contributed by atoms with Crippen molar-refractivity contribution in [3.63, 3.8) is 0 Å². The molecule has 50 heavy (non-hydrogen) atoms. The van der Waals surface area contributed by atoms with Gasteiger partial charge >= 0.3 is 17.6 Å². The molecule has 0 radical (unpaired) electrons. The smallest absolute Gasteiger partial charge is 0.476 e. The van der Waals surface area contributed by atoms with Crippen molar-refractivity contribution in [2.45, 2.75) is 139 Å². The Balaban J connectivity index is -0.000000349. The van der Waals surface area contributed by atoms with E-state index in [0.29, 0.717) is 6.61 Å². The highest BCUT2D eigenvalue weighted by molar-refractivity contribution is 9.09. The number of rotatable bonds is 19. The van der Waals surface area contributed by atoms with Gasteiger partial charge in [-0.3, -0.25) is 4.98 Å². The highest BCUT2D eigenvalue weighted by atomic mass is 79.9. The molecular formula is C34H76Br2N2O6Si6. The quantitative estimate of drug-likeness (QED) is 0.0616. The van der Waals surface area contributed by atoms with Crippen LogP contribution in [0.25, 0.3) is 0 Å². The van der Waals surface area contributed by atoms with Gasteiger partial charge in [-0.05, 0) is 110 Å². The maximum absolute atomic E-state index is 6.33. The van der Waals surface area contributed by atoms with Crippen LogP contribution >= 0.6 is 15.9 Å². The zero-order valence-electron chi connectivity index (χ0n) is 32.5. The van der Waals surface area contributed by atoms with Gasteiger partial charge < -0.3 is 42.3 Å². The van der Waals surface area contributed by atoms with Crippen LogP contribution in [-0.4, -0.2) is 74.4 Å². The van der Waals surface area contributed by atoms with Gasteiger partial charge in [-0.15, -0.1) is 0 Å². The third kappa shape index (κ3) is 36.7. The van der Waals surface area contributed by atoms with E-state index in [1.807, 2.05) is 24.3 Å². The molecule has 296 valence electrons. The van der Waals surface area contributed by atoms with Crippen LogP contribution in [-0.2, 0) is 31.9 Å². The molecule has 2 heterocycles. The summed E-state index contributed by atoms with van der Waals surface area (Å²) < 4.78 is 39.5. The first-order valence-electron chi connectivity index (χ1n) is 16.9. The minimum absolute atomic E-state index is 0. The Labute approximate surface area is 335 Å². The summed E-state index contributed by atoms with van der Waals surface area (Å²) in [6, 6.07) is 11.9. The number of halogens is 2. The molecule has 0 saturated carbocycles. The molecule has 0 unspecified atom stereocenters. The van der Waals surface area contributed by atoms with E-state index < -0.39 is 50.9 Å². The van der Waals surface area contributed by atoms with Crippen molar-refractivity contribution in [1.29, 1.82) is 0 Å². The van der Waals surface area contributed by atoms with E-state index in [4.69, 9.17) is 25.3 Å². The predicted molar refractivity (Wildman–Crippen MR) is 229 cm³/mol. The molecule has 2 rings (SSSR count). The lowest BCUT2D eigenvalue weighted by molar-refractivity contribution is -0.697. The number of aromatic nitrogens is 2. The van der Waals surface area contributed by atoms with Gasteiger partial charge in [0.2, 0.25) is 0 Å². The number of hydrogen-bond donors (Lipinski definition) is 0. The van der Waals surface area contributed by atoms with Gasteiger partial charge in [-0.2, -0.15) is 0 Å². The van der Waals surface area contributed by atoms with E-state index in [0.717, 1.165) is 44.2 Å². The van der Waals surface area contributed by atoms with Crippen molar-refractivity contribution < 1.29 is 46.9 Å². The van der Waals surface area contributed by atoms with Crippen LogP contribution in [0.3, 0.4) is 0 Å². The summed E-state index contributed by atoms with van der Waals surface area (Å²) in [5.74, 6) is 0. The topological polar surface area (TPSA) is 72.2 Å². The number of aryl methyl sites for hydroxylation is 1. The van der Waals surface area contributed by atoms with E-state index in [1.165, 1.54) is 0 Å². The van der Waals surface area contributed by atoms with Crippen LogP contribution in [0.4, 0.5) is 0 Å². The summed E-state index contributed by atoms with van der Waals surface area (Å²) in [4.78, 5) is 3.78. The van der Waals surface area contributed by atoms with Gasteiger partial charge in [0.25, 0.3) is 0 Å². The summed E-state index contributed by atoms with van der Waals surface area (Å²) in [5, 5.41) is 1.03. The molecule has 16 heteroatoms. The summed E-state index contributed by atoms with van der Waals surface area (Å²) in [6.45, 7) is 32.9. The number of nitrogens with zero attached hydrogens (tertiary/aromatic N) is 2. The third-order valence-corrected chi connectivity index (χ3v) is 23.1. The van der Waals surface area contributed by atoms with E-state index in [2.05, 4.69) is 142 Å². The molecule has 2 aromatic rings. The molecule has 0 amide bonds. The summed E-state index contributed by atoms with van der Waals surface area (Å²) in [7, 11) is -11.6. The Morgan fingerprint density at radius 2 is 0.840 bits per heavy atom. The van der Waals surface area contributed by atoms with Crippen LogP contribution in [0.5, 0.6) is 0 Å². The van der Waals surface area contributed by atoms with Crippen molar-refractivity contribution in [2.24, 2.45) is 0 Å². The Bertz CT molecular complexity index is 1000. The van der Waals surface area contributed by atoms with E-state index in [9.17, 15) is 0 Å². The second kappa shape index (κ2) is 27.8. The van der Waals surface area contributed by atoms with Gasteiger partial charge in [0.15, 0.2) is 45.7 Å². The molecule has 0 atom stereocenters. The van der Waals surface area contributed by atoms with Gasteiger partial charge in [0.05, 0.1) is 0 Å². The second-order valence-corrected chi connectivity index (χ2v) is 40.5. The molecule has 0 fully saturated rings. The lowest BCUT2D eigenvalue weighted by Gasteiger charge is -2.37. The molecule has 0 spiro atoms. The lowest BCUT2D eigenvalue weighted by atomic mass is 10.3. The number of hydrogen-bond acceptors (Lipinski definition) is 7. The van der Waals surface area contributed by atoms with Gasteiger partial charge in [0.1, 0.15) is 6.54 Å². The number of alkyl halides is 1. The fourth-order valence-electron chi connectivity index (χ4n) is 4.39. The van der Waals surface area contributed by atoms with Crippen molar-refractivity contribution in [3.05, 3.63) is 61.2 Å². The number of pyridine rings is 2. The highest BCUT2D eigenvalue weighted by Gasteiger charge is 2.44. The molecule has 0 bridgehead atoms. The highest BCUT2D eigenvalue weighted by Crippen LogP contribution is 2.23. The Morgan fingerprint density at radius 1 is 0.500 bits per heavy atom. The van der Waals surface area contributed by atoms with E-state index >= 15 is 0 Å². The summed E-state index contributed by atoms with van der Waals surface area (Å²) in [6.07, 6.45) is 12.0. The zero-order valence-corrected chi connectivity index (χ0v) is 41.7. The monoisotopic (exact) mass is 934 g/mol. The fraction of sp³-hybridized carbons (Fsp3) is 0.706. The van der Waals surface area contributed by atoms with Crippen LogP contribution < -0.4 is 21.5 Å². The van der Waals surface area contributed by atoms with Crippen LogP contribution in [0.1, 0.15) is 40.5 Å². The first kappa shape index (κ1) is 57.1. The third-order valence-electron chi connectivity index (χ3n) is 5.38. The van der Waals surface area contributed by atoms with Gasteiger partial charge in [-0.25, -0.2) is 4.57 Å². The maximum atomic E-state index is 6.33. The normalized spacial score (nSPS) is 12.1.